The van der Waals surface area contributed by atoms with Crippen LogP contribution >= 0.6 is 0 Å². The number of amides is 1. The second kappa shape index (κ2) is 5.83. The van der Waals surface area contributed by atoms with E-state index in [2.05, 4.69) is 5.32 Å². The molecule has 0 aromatic heterocycles. The highest BCUT2D eigenvalue weighted by atomic mass is 16.5. The van der Waals surface area contributed by atoms with Gasteiger partial charge in [-0.2, -0.15) is 0 Å². The second-order valence-electron chi connectivity index (χ2n) is 5.78. The van der Waals surface area contributed by atoms with Gasteiger partial charge in [-0.3, -0.25) is 4.79 Å². The Kier molecular flexibility index (Phi) is 3.92. The summed E-state index contributed by atoms with van der Waals surface area (Å²) in [5.41, 5.74) is 0.842. The van der Waals surface area contributed by atoms with Gasteiger partial charge in [0.2, 0.25) is 5.91 Å². The molecule has 0 saturated heterocycles. The number of hydrogen-bond donors (Lipinski definition) is 1. The van der Waals surface area contributed by atoms with Gasteiger partial charge in [0.1, 0.15) is 12.4 Å². The number of carbonyl (C=O) groups excluding carboxylic acids is 1. The molecule has 0 radical (unpaired) electrons. The quantitative estimate of drug-likeness (QED) is 0.812. The average Bonchev–Trinajstić information content (AvgIpc) is 3.07. The monoisotopic (exact) mass is 275 g/mol. The lowest BCUT2D eigenvalue weighted by Crippen LogP contribution is -2.21. The summed E-state index contributed by atoms with van der Waals surface area (Å²) in [4.78, 5) is 12.1. The fourth-order valence-electron chi connectivity index (χ4n) is 3.05. The highest BCUT2D eigenvalue weighted by Crippen LogP contribution is 2.54. The van der Waals surface area contributed by atoms with Crippen LogP contribution in [0.15, 0.2) is 24.3 Å². The Morgan fingerprint density at radius 1 is 1.15 bits per heavy atom. The van der Waals surface area contributed by atoms with E-state index in [-0.39, 0.29) is 11.8 Å². The summed E-state index contributed by atoms with van der Waals surface area (Å²) in [5, 5.41) is 3.00. The van der Waals surface area contributed by atoms with Crippen LogP contribution in [0.4, 0.5) is 5.69 Å². The number of ether oxygens (including phenoxy) is 2. The molecule has 4 heteroatoms. The first kappa shape index (κ1) is 13.4. The first-order valence-corrected chi connectivity index (χ1v) is 7.29. The van der Waals surface area contributed by atoms with Crippen molar-refractivity contribution < 1.29 is 14.3 Å². The van der Waals surface area contributed by atoms with Gasteiger partial charge in [-0.25, -0.2) is 0 Å². The van der Waals surface area contributed by atoms with Crippen molar-refractivity contribution >= 4 is 11.6 Å². The van der Waals surface area contributed by atoms with Crippen molar-refractivity contribution in [1.29, 1.82) is 0 Å². The topological polar surface area (TPSA) is 47.6 Å². The fourth-order valence-corrected chi connectivity index (χ4v) is 3.05. The van der Waals surface area contributed by atoms with Crippen molar-refractivity contribution in [3.8, 4) is 5.75 Å². The maximum atomic E-state index is 12.1. The van der Waals surface area contributed by atoms with E-state index >= 15 is 0 Å². The fraction of sp³-hybridized carbons (Fsp3) is 0.562. The molecule has 3 rings (SSSR count). The summed E-state index contributed by atoms with van der Waals surface area (Å²) in [6.07, 6.45) is 3.50. The molecule has 0 aliphatic heterocycles. The molecule has 0 bridgehead atoms. The first-order chi connectivity index (χ1) is 9.76. The molecule has 2 aliphatic rings. The zero-order valence-electron chi connectivity index (χ0n) is 11.8. The molecular formula is C16H21NO3. The molecule has 1 N–H and O–H groups in total. The zero-order valence-corrected chi connectivity index (χ0v) is 11.8. The molecule has 0 heterocycles. The van der Waals surface area contributed by atoms with Crippen LogP contribution in [0.5, 0.6) is 5.75 Å². The van der Waals surface area contributed by atoms with Gasteiger partial charge in [-0.15, -0.1) is 0 Å². The van der Waals surface area contributed by atoms with Gasteiger partial charge < -0.3 is 14.8 Å². The van der Waals surface area contributed by atoms with Crippen molar-refractivity contribution in [2.45, 2.75) is 19.3 Å². The molecule has 4 nitrogen and oxygen atoms in total. The highest BCUT2D eigenvalue weighted by molar-refractivity contribution is 5.92. The van der Waals surface area contributed by atoms with Gasteiger partial charge >= 0.3 is 0 Å². The lowest BCUT2D eigenvalue weighted by molar-refractivity contribution is -0.120. The van der Waals surface area contributed by atoms with Crippen molar-refractivity contribution in [1.82, 2.24) is 0 Å². The molecule has 1 aromatic carbocycles. The van der Waals surface area contributed by atoms with Crippen LogP contribution in [0, 0.1) is 17.8 Å². The minimum atomic E-state index is 0.172. The number of carbonyl (C=O) groups is 1. The third-order valence-corrected chi connectivity index (χ3v) is 4.29. The summed E-state index contributed by atoms with van der Waals surface area (Å²) in [7, 11) is 1.65. The molecule has 2 saturated carbocycles. The van der Waals surface area contributed by atoms with E-state index < -0.39 is 0 Å². The highest BCUT2D eigenvalue weighted by Gasteiger charge is 2.47. The summed E-state index contributed by atoms with van der Waals surface area (Å²) in [6.45, 7) is 1.11. The normalized spacial score (nSPS) is 26.9. The minimum Gasteiger partial charge on any atom is -0.491 e. The van der Waals surface area contributed by atoms with E-state index in [1.165, 1.54) is 6.42 Å². The maximum absolute atomic E-state index is 12.1. The number of rotatable bonds is 6. The van der Waals surface area contributed by atoms with Crippen molar-refractivity contribution in [2.75, 3.05) is 25.6 Å². The molecular weight excluding hydrogens is 254 g/mol. The summed E-state index contributed by atoms with van der Waals surface area (Å²) < 4.78 is 10.4. The smallest absolute Gasteiger partial charge is 0.227 e. The average molecular weight is 275 g/mol. The van der Waals surface area contributed by atoms with Crippen LogP contribution < -0.4 is 10.1 Å². The largest absolute Gasteiger partial charge is 0.491 e. The molecule has 20 heavy (non-hydrogen) atoms. The molecule has 2 aliphatic carbocycles. The molecule has 2 fully saturated rings. The van der Waals surface area contributed by atoms with Gasteiger partial charge in [0.15, 0.2) is 0 Å². The Hall–Kier alpha value is -1.55. The third kappa shape index (κ3) is 3.12. The Balaban J connectivity index is 1.48. The Morgan fingerprint density at radius 3 is 2.50 bits per heavy atom. The van der Waals surface area contributed by atoms with Gasteiger partial charge in [0.25, 0.3) is 0 Å². The molecule has 1 amide bonds. The van der Waals surface area contributed by atoms with Gasteiger partial charge in [-0.05, 0) is 55.4 Å². The Morgan fingerprint density at radius 2 is 1.85 bits per heavy atom. The molecule has 1 aromatic rings. The SMILES string of the molecule is COCCOc1ccc(NC(=O)C2CC3CC3C2)cc1. The standard InChI is InChI=1S/C16H21NO3/c1-19-6-7-20-15-4-2-14(3-5-15)17-16(18)13-9-11-8-12(11)10-13/h2-5,11-13H,6-10H2,1H3,(H,17,18). The van der Waals surface area contributed by atoms with Gasteiger partial charge in [0, 0.05) is 18.7 Å². The number of anilines is 1. The van der Waals surface area contributed by atoms with E-state index in [4.69, 9.17) is 9.47 Å². The Labute approximate surface area is 119 Å². The summed E-state index contributed by atoms with van der Waals surface area (Å²) in [6, 6.07) is 7.51. The number of benzene rings is 1. The van der Waals surface area contributed by atoms with E-state index in [9.17, 15) is 4.79 Å². The van der Waals surface area contributed by atoms with Crippen molar-refractivity contribution in [2.24, 2.45) is 17.8 Å². The second-order valence-corrected chi connectivity index (χ2v) is 5.78. The van der Waals surface area contributed by atoms with Crippen molar-refractivity contribution in [3.05, 3.63) is 24.3 Å². The summed E-state index contributed by atoms with van der Waals surface area (Å²) in [5.74, 6) is 2.86. The van der Waals surface area contributed by atoms with Crippen LogP contribution in [-0.4, -0.2) is 26.2 Å². The lowest BCUT2D eigenvalue weighted by atomic mass is 10.0. The van der Waals surface area contributed by atoms with Crippen LogP contribution in [0.2, 0.25) is 0 Å². The lowest BCUT2D eigenvalue weighted by Gasteiger charge is -2.12. The maximum Gasteiger partial charge on any atom is 0.227 e. The third-order valence-electron chi connectivity index (χ3n) is 4.29. The van der Waals surface area contributed by atoms with Crippen LogP contribution in [0.1, 0.15) is 19.3 Å². The molecule has 108 valence electrons. The number of nitrogens with one attached hydrogen (secondary N) is 1. The zero-order chi connectivity index (χ0) is 13.9. The Bertz CT molecular complexity index is 461. The molecule has 2 unspecified atom stereocenters. The van der Waals surface area contributed by atoms with E-state index in [0.717, 1.165) is 36.1 Å². The van der Waals surface area contributed by atoms with Crippen molar-refractivity contribution in [3.63, 3.8) is 0 Å². The number of methoxy groups -OCH3 is 1. The van der Waals surface area contributed by atoms with Crippen LogP contribution in [0.25, 0.3) is 0 Å². The van der Waals surface area contributed by atoms with Crippen LogP contribution in [-0.2, 0) is 9.53 Å². The number of fused-ring (bicyclic) bond motifs is 1. The molecule has 0 spiro atoms. The van der Waals surface area contributed by atoms with E-state index in [0.29, 0.717) is 13.2 Å². The first-order valence-electron chi connectivity index (χ1n) is 7.29. The van der Waals surface area contributed by atoms with E-state index in [1.54, 1.807) is 7.11 Å². The number of hydrogen-bond acceptors (Lipinski definition) is 3. The predicted octanol–water partition coefficient (Wildman–Crippen LogP) is 2.70. The van der Waals surface area contributed by atoms with Gasteiger partial charge in [-0.1, -0.05) is 0 Å². The minimum absolute atomic E-state index is 0.172. The molecule has 2 atom stereocenters. The summed E-state index contributed by atoms with van der Waals surface area (Å²) >= 11 is 0. The predicted molar refractivity (Wildman–Crippen MR) is 76.8 cm³/mol. The van der Waals surface area contributed by atoms with E-state index in [1.807, 2.05) is 24.3 Å². The van der Waals surface area contributed by atoms with Crippen LogP contribution in [0.3, 0.4) is 0 Å². The van der Waals surface area contributed by atoms with Gasteiger partial charge in [0.05, 0.1) is 6.61 Å².